The maximum atomic E-state index is 12.7. The Morgan fingerprint density at radius 1 is 1.62 bits per heavy atom. The van der Waals surface area contributed by atoms with Crippen LogP contribution in [0.2, 0.25) is 0 Å². The van der Waals surface area contributed by atoms with Crippen molar-refractivity contribution in [3.05, 3.63) is 12.0 Å². The van der Waals surface area contributed by atoms with Crippen LogP contribution in [0, 0.1) is 6.92 Å². The number of nitrogens with zero attached hydrogens (tertiary/aromatic N) is 1. The first-order valence-corrected chi connectivity index (χ1v) is 5.84. The molecule has 0 bridgehead atoms. The SMILES string of the molecule is Cc1ncc(S(=O)(=O)NCC(F)(F)CN)[nH]1. The van der Waals surface area contributed by atoms with Gasteiger partial charge in [0.15, 0.2) is 5.03 Å². The first-order valence-electron chi connectivity index (χ1n) is 4.36. The van der Waals surface area contributed by atoms with Crippen molar-refractivity contribution in [2.45, 2.75) is 17.9 Å². The van der Waals surface area contributed by atoms with Gasteiger partial charge in [-0.05, 0) is 6.92 Å². The fraction of sp³-hybridized carbons (Fsp3) is 0.571. The van der Waals surface area contributed by atoms with E-state index in [0.29, 0.717) is 5.82 Å². The van der Waals surface area contributed by atoms with Gasteiger partial charge >= 0.3 is 0 Å². The number of aryl methyl sites for hydroxylation is 1. The molecule has 0 saturated heterocycles. The summed E-state index contributed by atoms with van der Waals surface area (Å²) in [5.41, 5.74) is 4.77. The van der Waals surface area contributed by atoms with Gasteiger partial charge in [0.25, 0.3) is 15.9 Å². The first kappa shape index (κ1) is 13.0. The average molecular weight is 254 g/mol. The number of hydrogen-bond donors (Lipinski definition) is 3. The number of aromatic nitrogens is 2. The molecule has 1 rings (SSSR count). The predicted octanol–water partition coefficient (Wildman–Crippen LogP) is -0.410. The van der Waals surface area contributed by atoms with E-state index in [1.807, 2.05) is 0 Å². The molecule has 9 heteroatoms. The van der Waals surface area contributed by atoms with E-state index in [4.69, 9.17) is 5.73 Å². The van der Waals surface area contributed by atoms with E-state index >= 15 is 0 Å². The maximum Gasteiger partial charge on any atom is 0.273 e. The van der Waals surface area contributed by atoms with E-state index in [0.717, 1.165) is 6.20 Å². The highest BCUT2D eigenvalue weighted by molar-refractivity contribution is 7.89. The Hall–Kier alpha value is -1.06. The van der Waals surface area contributed by atoms with Crippen molar-refractivity contribution in [2.24, 2.45) is 5.73 Å². The fourth-order valence-electron chi connectivity index (χ4n) is 0.885. The summed E-state index contributed by atoms with van der Waals surface area (Å²) in [4.78, 5) is 6.09. The van der Waals surface area contributed by atoms with Crippen LogP contribution in [-0.4, -0.2) is 37.4 Å². The summed E-state index contributed by atoms with van der Waals surface area (Å²) in [5.74, 6) is -2.88. The van der Waals surface area contributed by atoms with Crippen molar-refractivity contribution < 1.29 is 17.2 Å². The number of nitrogens with one attached hydrogen (secondary N) is 2. The van der Waals surface area contributed by atoms with Crippen LogP contribution >= 0.6 is 0 Å². The zero-order chi connectivity index (χ0) is 12.4. The number of imidazole rings is 1. The van der Waals surface area contributed by atoms with Crippen molar-refractivity contribution in [3.8, 4) is 0 Å². The maximum absolute atomic E-state index is 12.7. The number of hydrogen-bond acceptors (Lipinski definition) is 4. The number of aromatic amines is 1. The van der Waals surface area contributed by atoms with Gasteiger partial charge in [-0.25, -0.2) is 26.9 Å². The van der Waals surface area contributed by atoms with Gasteiger partial charge in [-0.1, -0.05) is 0 Å². The second-order valence-corrected chi connectivity index (χ2v) is 4.95. The summed E-state index contributed by atoms with van der Waals surface area (Å²) in [7, 11) is -3.99. The highest BCUT2D eigenvalue weighted by Gasteiger charge is 2.29. The Kier molecular flexibility index (Phi) is 3.61. The molecule has 0 spiro atoms. The van der Waals surface area contributed by atoms with E-state index in [9.17, 15) is 17.2 Å². The molecule has 0 fully saturated rings. The number of rotatable bonds is 5. The van der Waals surface area contributed by atoms with Gasteiger partial charge in [-0.2, -0.15) is 0 Å². The first-order chi connectivity index (χ1) is 7.27. The van der Waals surface area contributed by atoms with Crippen molar-refractivity contribution in [3.63, 3.8) is 0 Å². The van der Waals surface area contributed by atoms with E-state index in [-0.39, 0.29) is 5.03 Å². The Morgan fingerprint density at radius 3 is 2.69 bits per heavy atom. The van der Waals surface area contributed by atoms with Crippen molar-refractivity contribution >= 4 is 10.0 Å². The molecule has 0 atom stereocenters. The van der Waals surface area contributed by atoms with Crippen LogP contribution in [0.4, 0.5) is 8.78 Å². The van der Waals surface area contributed by atoms with Crippen LogP contribution in [0.5, 0.6) is 0 Å². The lowest BCUT2D eigenvalue weighted by molar-refractivity contribution is 0.0170. The summed E-state index contributed by atoms with van der Waals surface area (Å²) >= 11 is 0. The number of nitrogens with two attached hydrogens (primary N) is 1. The molecule has 1 heterocycles. The number of halogens is 2. The molecule has 1 aromatic rings. The lowest BCUT2D eigenvalue weighted by Crippen LogP contribution is -2.41. The van der Waals surface area contributed by atoms with E-state index < -0.39 is 29.0 Å². The van der Waals surface area contributed by atoms with Crippen LogP contribution in [-0.2, 0) is 10.0 Å². The third-order valence-corrected chi connectivity index (χ3v) is 3.10. The Labute approximate surface area is 91.3 Å². The topological polar surface area (TPSA) is 101 Å². The van der Waals surface area contributed by atoms with Gasteiger partial charge in [-0.3, -0.25) is 0 Å². The molecule has 6 nitrogen and oxygen atoms in total. The van der Waals surface area contributed by atoms with Crippen molar-refractivity contribution in [2.75, 3.05) is 13.1 Å². The third-order valence-electron chi connectivity index (χ3n) is 1.79. The van der Waals surface area contributed by atoms with Crippen LogP contribution in [0.3, 0.4) is 0 Å². The molecule has 16 heavy (non-hydrogen) atoms. The van der Waals surface area contributed by atoms with E-state index in [1.165, 1.54) is 0 Å². The Morgan fingerprint density at radius 2 is 2.25 bits per heavy atom. The zero-order valence-corrected chi connectivity index (χ0v) is 9.31. The molecule has 0 saturated carbocycles. The highest BCUT2D eigenvalue weighted by atomic mass is 32.2. The zero-order valence-electron chi connectivity index (χ0n) is 8.50. The largest absolute Gasteiger partial charge is 0.332 e. The minimum absolute atomic E-state index is 0.252. The van der Waals surface area contributed by atoms with Crippen molar-refractivity contribution in [1.82, 2.24) is 14.7 Å². The average Bonchev–Trinajstić information content (AvgIpc) is 2.63. The van der Waals surface area contributed by atoms with E-state index in [1.54, 1.807) is 11.6 Å². The molecule has 1 aromatic heterocycles. The lowest BCUT2D eigenvalue weighted by Gasteiger charge is -2.13. The Bertz CT molecular complexity index is 457. The third kappa shape index (κ3) is 3.22. The molecule has 0 aliphatic rings. The summed E-state index contributed by atoms with van der Waals surface area (Å²) in [6, 6.07) is 0. The molecule has 0 radical (unpaired) electrons. The predicted molar refractivity (Wildman–Crippen MR) is 52.5 cm³/mol. The second-order valence-electron chi connectivity index (χ2n) is 3.22. The second kappa shape index (κ2) is 4.44. The fourth-order valence-corrected chi connectivity index (χ4v) is 1.92. The minimum Gasteiger partial charge on any atom is -0.332 e. The van der Waals surface area contributed by atoms with E-state index in [2.05, 4.69) is 9.97 Å². The quantitative estimate of drug-likeness (QED) is 0.665. The number of sulfonamides is 1. The van der Waals surface area contributed by atoms with Gasteiger partial charge in [0.2, 0.25) is 0 Å². The summed E-state index contributed by atoms with van der Waals surface area (Å²) in [5, 5.41) is -0.252. The van der Waals surface area contributed by atoms with Crippen LogP contribution < -0.4 is 10.5 Å². The van der Waals surface area contributed by atoms with Gasteiger partial charge in [-0.15, -0.1) is 0 Å². The van der Waals surface area contributed by atoms with Crippen LogP contribution in [0.25, 0.3) is 0 Å². The lowest BCUT2D eigenvalue weighted by atomic mass is 10.3. The molecule has 0 aliphatic carbocycles. The molecule has 92 valence electrons. The molecule has 4 N–H and O–H groups in total. The van der Waals surface area contributed by atoms with Gasteiger partial charge in [0.05, 0.1) is 19.3 Å². The summed E-state index contributed by atoms with van der Waals surface area (Å²) in [6.07, 6.45) is 1.05. The number of alkyl halides is 2. The van der Waals surface area contributed by atoms with Gasteiger partial charge < -0.3 is 10.7 Å². The highest BCUT2D eigenvalue weighted by Crippen LogP contribution is 2.11. The summed E-state index contributed by atoms with van der Waals surface area (Å²) in [6.45, 7) is -0.408. The number of H-pyrrole nitrogens is 1. The molecular formula is C7H12F2N4O2S. The smallest absolute Gasteiger partial charge is 0.273 e. The standard InChI is InChI=1S/C7H12F2N4O2S/c1-5-11-2-6(13-5)16(14,15)12-4-7(8,9)3-10/h2,12H,3-4,10H2,1H3,(H,11,13). The molecule has 0 amide bonds. The normalized spacial score (nSPS) is 13.0. The minimum atomic E-state index is -3.99. The molecular weight excluding hydrogens is 242 g/mol. The van der Waals surface area contributed by atoms with Crippen LogP contribution in [0.1, 0.15) is 5.82 Å². The van der Waals surface area contributed by atoms with Gasteiger partial charge in [0, 0.05) is 0 Å². The van der Waals surface area contributed by atoms with Gasteiger partial charge in [0.1, 0.15) is 5.82 Å². The molecule has 0 unspecified atom stereocenters. The Balaban J connectivity index is 2.74. The van der Waals surface area contributed by atoms with Crippen LogP contribution in [0.15, 0.2) is 11.2 Å². The van der Waals surface area contributed by atoms with Crippen molar-refractivity contribution in [1.29, 1.82) is 0 Å². The molecule has 0 aromatic carbocycles. The molecule has 0 aliphatic heterocycles. The monoisotopic (exact) mass is 254 g/mol. The summed E-state index contributed by atoms with van der Waals surface area (Å²) < 4.78 is 50.1.